The quantitative estimate of drug-likeness (QED) is 0.615. The monoisotopic (exact) mass is 405 g/mol. The number of aryl methyl sites for hydroxylation is 1. The summed E-state index contributed by atoms with van der Waals surface area (Å²) in [5, 5.41) is 0.197. The third kappa shape index (κ3) is 4.99. The average Bonchev–Trinajstić information content (AvgIpc) is 2.62. The summed E-state index contributed by atoms with van der Waals surface area (Å²) in [6.45, 7) is 2.05. The van der Waals surface area contributed by atoms with Gasteiger partial charge < -0.3 is 4.74 Å². The van der Waals surface area contributed by atoms with Crippen molar-refractivity contribution in [2.45, 2.75) is 18.4 Å². The number of anilines is 1. The fourth-order valence-electron chi connectivity index (χ4n) is 2.38. The molecule has 0 saturated carbocycles. The molecule has 0 aromatic heterocycles. The lowest BCUT2D eigenvalue weighted by Gasteiger charge is -2.12. The van der Waals surface area contributed by atoms with Crippen molar-refractivity contribution in [3.05, 3.63) is 88.7 Å². The van der Waals surface area contributed by atoms with Crippen LogP contribution in [0.2, 0.25) is 5.02 Å². The molecule has 3 aromatic carbocycles. The van der Waals surface area contributed by atoms with Gasteiger partial charge in [-0.25, -0.2) is 12.8 Å². The van der Waals surface area contributed by atoms with E-state index in [2.05, 4.69) is 4.72 Å². The molecule has 0 spiro atoms. The second-order valence-corrected chi connectivity index (χ2v) is 8.07. The number of halogens is 2. The Morgan fingerprint density at radius 3 is 2.44 bits per heavy atom. The first-order chi connectivity index (χ1) is 12.8. The summed E-state index contributed by atoms with van der Waals surface area (Å²) in [6, 6.07) is 17.2. The van der Waals surface area contributed by atoms with Crippen molar-refractivity contribution in [2.24, 2.45) is 0 Å². The van der Waals surface area contributed by atoms with Crippen molar-refractivity contribution in [1.29, 1.82) is 0 Å². The summed E-state index contributed by atoms with van der Waals surface area (Å²) in [5.41, 5.74) is 1.89. The molecule has 0 amide bonds. The summed E-state index contributed by atoms with van der Waals surface area (Å²) in [7, 11) is -3.74. The summed E-state index contributed by atoms with van der Waals surface area (Å²) in [6.07, 6.45) is 0. The second-order valence-electron chi connectivity index (χ2n) is 5.98. The van der Waals surface area contributed by atoms with E-state index in [0.29, 0.717) is 11.3 Å². The van der Waals surface area contributed by atoms with Gasteiger partial charge in [-0.3, -0.25) is 4.72 Å². The molecule has 1 N–H and O–H groups in total. The molecule has 0 atom stereocenters. The smallest absolute Gasteiger partial charge is 0.261 e. The summed E-state index contributed by atoms with van der Waals surface area (Å²) < 4.78 is 46.1. The molecule has 0 radical (unpaired) electrons. The maximum atomic E-state index is 13.2. The third-order valence-corrected chi connectivity index (χ3v) is 5.50. The van der Waals surface area contributed by atoms with E-state index >= 15 is 0 Å². The van der Waals surface area contributed by atoms with Gasteiger partial charge in [-0.05, 0) is 48.9 Å². The highest BCUT2D eigenvalue weighted by Crippen LogP contribution is 2.29. The van der Waals surface area contributed by atoms with Crippen LogP contribution < -0.4 is 9.46 Å². The second kappa shape index (κ2) is 7.98. The molecule has 0 aliphatic rings. The predicted molar refractivity (Wildman–Crippen MR) is 104 cm³/mol. The van der Waals surface area contributed by atoms with Gasteiger partial charge in [0.25, 0.3) is 10.0 Å². The van der Waals surface area contributed by atoms with E-state index in [1.807, 2.05) is 6.92 Å². The van der Waals surface area contributed by atoms with E-state index in [1.54, 1.807) is 30.3 Å². The molecule has 0 heterocycles. The first-order valence-electron chi connectivity index (χ1n) is 8.10. The van der Waals surface area contributed by atoms with Gasteiger partial charge in [-0.15, -0.1) is 0 Å². The number of nitrogens with one attached hydrogen (secondary N) is 1. The van der Waals surface area contributed by atoms with Crippen LogP contribution >= 0.6 is 11.6 Å². The highest BCUT2D eigenvalue weighted by molar-refractivity contribution is 7.92. The molecular weight excluding hydrogens is 389 g/mol. The normalized spacial score (nSPS) is 11.2. The van der Waals surface area contributed by atoms with Gasteiger partial charge in [0.15, 0.2) is 0 Å². The zero-order chi connectivity index (χ0) is 19.4. The summed E-state index contributed by atoms with van der Waals surface area (Å²) >= 11 is 6.19. The minimum absolute atomic E-state index is 0.149. The largest absolute Gasteiger partial charge is 0.489 e. The molecule has 0 bridgehead atoms. The Hall–Kier alpha value is -2.57. The van der Waals surface area contributed by atoms with E-state index in [1.165, 1.54) is 36.4 Å². The molecule has 0 unspecified atom stereocenters. The average molecular weight is 406 g/mol. The van der Waals surface area contributed by atoms with E-state index in [-0.39, 0.29) is 28.0 Å². The van der Waals surface area contributed by atoms with Crippen molar-refractivity contribution in [2.75, 3.05) is 4.72 Å². The van der Waals surface area contributed by atoms with Crippen LogP contribution in [0.15, 0.2) is 71.6 Å². The Labute approximate surface area is 162 Å². The Kier molecular flexibility index (Phi) is 5.68. The summed E-state index contributed by atoms with van der Waals surface area (Å²) in [5.74, 6) is 0.109. The molecule has 4 nitrogen and oxygen atoms in total. The fourth-order valence-corrected chi connectivity index (χ4v) is 3.74. The molecule has 0 aliphatic carbocycles. The minimum Gasteiger partial charge on any atom is -0.489 e. The lowest BCUT2D eigenvalue weighted by molar-refractivity contribution is 0.305. The van der Waals surface area contributed by atoms with Crippen LogP contribution in [0.1, 0.15) is 11.1 Å². The molecule has 7 heteroatoms. The highest BCUT2D eigenvalue weighted by atomic mass is 35.5. The zero-order valence-corrected chi connectivity index (χ0v) is 16.0. The Bertz CT molecular complexity index is 1050. The van der Waals surface area contributed by atoms with Gasteiger partial charge in [-0.2, -0.15) is 0 Å². The highest BCUT2D eigenvalue weighted by Gasteiger charge is 2.16. The van der Waals surface area contributed by atoms with E-state index in [0.717, 1.165) is 5.56 Å². The van der Waals surface area contributed by atoms with Gasteiger partial charge in [0.1, 0.15) is 18.2 Å². The molecule has 0 saturated heterocycles. The van der Waals surface area contributed by atoms with E-state index in [4.69, 9.17) is 16.3 Å². The fraction of sp³-hybridized carbons (Fsp3) is 0.100. The number of sulfonamides is 1. The van der Waals surface area contributed by atoms with Gasteiger partial charge in [0.05, 0.1) is 15.6 Å². The molecular formula is C20H17ClFNO3S. The Morgan fingerprint density at radius 1 is 1.04 bits per heavy atom. The molecule has 0 fully saturated rings. The van der Waals surface area contributed by atoms with E-state index in [9.17, 15) is 12.8 Å². The van der Waals surface area contributed by atoms with Crippen LogP contribution in [0, 0.1) is 12.7 Å². The Morgan fingerprint density at radius 2 is 1.78 bits per heavy atom. The lowest BCUT2D eigenvalue weighted by atomic mass is 10.2. The van der Waals surface area contributed by atoms with Crippen LogP contribution in [-0.4, -0.2) is 8.42 Å². The molecule has 27 heavy (non-hydrogen) atoms. The van der Waals surface area contributed by atoms with Crippen molar-refractivity contribution >= 4 is 27.3 Å². The molecule has 3 aromatic rings. The maximum absolute atomic E-state index is 13.2. The molecule has 0 aliphatic heterocycles. The lowest BCUT2D eigenvalue weighted by Crippen LogP contribution is -2.13. The van der Waals surface area contributed by atoms with Crippen LogP contribution in [0.4, 0.5) is 10.1 Å². The van der Waals surface area contributed by atoms with Gasteiger partial charge in [0.2, 0.25) is 0 Å². The molecule has 140 valence electrons. The number of ether oxygens (including phenoxy) is 1. The van der Waals surface area contributed by atoms with Crippen molar-refractivity contribution in [1.82, 2.24) is 0 Å². The first kappa shape index (κ1) is 19.2. The van der Waals surface area contributed by atoms with Crippen molar-refractivity contribution < 1.29 is 17.5 Å². The van der Waals surface area contributed by atoms with Crippen LogP contribution in [0.25, 0.3) is 0 Å². The topological polar surface area (TPSA) is 55.4 Å². The maximum Gasteiger partial charge on any atom is 0.261 e. The third-order valence-electron chi connectivity index (χ3n) is 3.81. The van der Waals surface area contributed by atoms with Crippen LogP contribution in [-0.2, 0) is 16.6 Å². The minimum atomic E-state index is -3.74. The predicted octanol–water partition coefficient (Wildman–Crippen LogP) is 5.17. The van der Waals surface area contributed by atoms with Crippen molar-refractivity contribution in [3.8, 4) is 5.75 Å². The standard InChI is InChI=1S/C20H17ClFNO3S/c1-14-5-8-18(9-6-14)27(24,25)23-20-10-7-17(12-19(20)21)26-13-15-3-2-4-16(22)11-15/h2-12,23H,13H2,1H3. The number of hydrogen-bond donors (Lipinski definition) is 1. The first-order valence-corrected chi connectivity index (χ1v) is 9.96. The van der Waals surface area contributed by atoms with Gasteiger partial charge in [0, 0.05) is 6.07 Å². The summed E-state index contributed by atoms with van der Waals surface area (Å²) in [4.78, 5) is 0.149. The SMILES string of the molecule is Cc1ccc(S(=O)(=O)Nc2ccc(OCc3cccc(F)c3)cc2Cl)cc1. The molecule has 3 rings (SSSR count). The Balaban J connectivity index is 1.71. The number of benzene rings is 3. The number of hydrogen-bond acceptors (Lipinski definition) is 3. The van der Waals surface area contributed by atoms with Gasteiger partial charge >= 0.3 is 0 Å². The van der Waals surface area contributed by atoms with Crippen LogP contribution in [0.3, 0.4) is 0 Å². The van der Waals surface area contributed by atoms with Crippen molar-refractivity contribution in [3.63, 3.8) is 0 Å². The zero-order valence-electron chi connectivity index (χ0n) is 14.4. The number of rotatable bonds is 6. The van der Waals surface area contributed by atoms with Gasteiger partial charge in [-0.1, -0.05) is 41.4 Å². The van der Waals surface area contributed by atoms with E-state index < -0.39 is 10.0 Å². The van der Waals surface area contributed by atoms with Crippen LogP contribution in [0.5, 0.6) is 5.75 Å².